The molecule has 1 N–H and O–H groups in total. The molecule has 0 fully saturated rings. The standard InChI is InChI=1S/C15H23F2N/c1-4-18-14(10-5-7-11(2)3)12-8-6-9-13(16)15(12)17/h6,8-9,11,14,18H,4-5,7,10H2,1-3H3. The van der Waals surface area contributed by atoms with E-state index in [4.69, 9.17) is 0 Å². The lowest BCUT2D eigenvalue weighted by Gasteiger charge is -2.19. The van der Waals surface area contributed by atoms with Crippen molar-refractivity contribution >= 4 is 0 Å². The predicted molar refractivity (Wildman–Crippen MR) is 71.5 cm³/mol. The van der Waals surface area contributed by atoms with Gasteiger partial charge in [0.2, 0.25) is 0 Å². The highest BCUT2D eigenvalue weighted by Crippen LogP contribution is 2.24. The van der Waals surface area contributed by atoms with E-state index in [9.17, 15) is 8.78 Å². The van der Waals surface area contributed by atoms with Gasteiger partial charge in [-0.1, -0.05) is 45.7 Å². The van der Waals surface area contributed by atoms with Crippen molar-refractivity contribution in [1.82, 2.24) is 5.32 Å². The molecule has 1 aromatic carbocycles. The van der Waals surface area contributed by atoms with E-state index in [1.807, 2.05) is 6.92 Å². The Morgan fingerprint density at radius 3 is 2.50 bits per heavy atom. The second kappa shape index (κ2) is 7.47. The summed E-state index contributed by atoms with van der Waals surface area (Å²) < 4.78 is 27.0. The van der Waals surface area contributed by atoms with E-state index in [1.165, 1.54) is 0 Å². The van der Waals surface area contributed by atoms with Crippen LogP contribution in [0, 0.1) is 17.6 Å². The molecule has 0 aliphatic rings. The highest BCUT2D eigenvalue weighted by Gasteiger charge is 2.17. The zero-order chi connectivity index (χ0) is 13.5. The van der Waals surface area contributed by atoms with Gasteiger partial charge in [-0.3, -0.25) is 0 Å². The predicted octanol–water partition coefficient (Wildman–Crippen LogP) is 4.44. The van der Waals surface area contributed by atoms with E-state index in [-0.39, 0.29) is 6.04 Å². The van der Waals surface area contributed by atoms with Crippen molar-refractivity contribution in [2.24, 2.45) is 5.92 Å². The first-order chi connectivity index (χ1) is 8.56. The van der Waals surface area contributed by atoms with Crippen LogP contribution >= 0.6 is 0 Å². The van der Waals surface area contributed by atoms with Crippen LogP contribution in [0.15, 0.2) is 18.2 Å². The first-order valence-electron chi connectivity index (χ1n) is 6.73. The fourth-order valence-corrected chi connectivity index (χ4v) is 2.13. The second-order valence-corrected chi connectivity index (χ2v) is 5.08. The molecule has 0 bridgehead atoms. The lowest BCUT2D eigenvalue weighted by atomic mass is 9.97. The Morgan fingerprint density at radius 2 is 1.89 bits per heavy atom. The first kappa shape index (κ1) is 15.1. The monoisotopic (exact) mass is 255 g/mol. The molecule has 1 unspecified atom stereocenters. The van der Waals surface area contributed by atoms with E-state index in [0.717, 1.165) is 31.9 Å². The maximum absolute atomic E-state index is 13.7. The van der Waals surface area contributed by atoms with Crippen LogP contribution in [-0.2, 0) is 0 Å². The zero-order valence-corrected chi connectivity index (χ0v) is 11.5. The molecular weight excluding hydrogens is 232 g/mol. The van der Waals surface area contributed by atoms with Crippen LogP contribution in [0.25, 0.3) is 0 Å². The molecule has 3 heteroatoms. The Balaban J connectivity index is 2.74. The first-order valence-corrected chi connectivity index (χ1v) is 6.73. The van der Waals surface area contributed by atoms with Gasteiger partial charge in [0.25, 0.3) is 0 Å². The fourth-order valence-electron chi connectivity index (χ4n) is 2.13. The molecule has 0 aliphatic carbocycles. The van der Waals surface area contributed by atoms with Crippen LogP contribution in [0.2, 0.25) is 0 Å². The summed E-state index contributed by atoms with van der Waals surface area (Å²) in [6, 6.07) is 4.31. The van der Waals surface area contributed by atoms with Gasteiger partial charge >= 0.3 is 0 Å². The van der Waals surface area contributed by atoms with Crippen molar-refractivity contribution < 1.29 is 8.78 Å². The van der Waals surface area contributed by atoms with Crippen LogP contribution in [0.5, 0.6) is 0 Å². The molecule has 0 heterocycles. The molecule has 0 aromatic heterocycles. The summed E-state index contributed by atoms with van der Waals surface area (Å²) in [5.41, 5.74) is 0.445. The number of rotatable bonds is 7. The Morgan fingerprint density at radius 1 is 1.17 bits per heavy atom. The second-order valence-electron chi connectivity index (χ2n) is 5.08. The quantitative estimate of drug-likeness (QED) is 0.759. The Labute approximate surface area is 109 Å². The molecule has 1 aromatic rings. The van der Waals surface area contributed by atoms with Crippen LogP contribution < -0.4 is 5.32 Å². The number of nitrogens with one attached hydrogen (secondary N) is 1. The third-order valence-electron chi connectivity index (χ3n) is 3.08. The average molecular weight is 255 g/mol. The number of halogens is 2. The van der Waals surface area contributed by atoms with Gasteiger partial charge in [-0.15, -0.1) is 0 Å². The van der Waals surface area contributed by atoms with Gasteiger partial charge in [0.1, 0.15) is 0 Å². The van der Waals surface area contributed by atoms with Gasteiger partial charge in [-0.25, -0.2) is 8.78 Å². The van der Waals surface area contributed by atoms with Gasteiger partial charge < -0.3 is 5.32 Å². The number of hydrogen-bond donors (Lipinski definition) is 1. The van der Waals surface area contributed by atoms with Gasteiger partial charge in [-0.2, -0.15) is 0 Å². The summed E-state index contributed by atoms with van der Waals surface area (Å²) in [4.78, 5) is 0. The molecule has 102 valence electrons. The summed E-state index contributed by atoms with van der Waals surface area (Å²) in [7, 11) is 0. The number of hydrogen-bond acceptors (Lipinski definition) is 1. The van der Waals surface area contributed by atoms with Crippen LogP contribution in [0.3, 0.4) is 0 Å². The minimum absolute atomic E-state index is 0.0931. The Hall–Kier alpha value is -0.960. The Bertz CT molecular complexity index is 364. The molecule has 1 rings (SSSR count). The maximum Gasteiger partial charge on any atom is 0.163 e. The normalized spacial score (nSPS) is 13.0. The molecule has 0 amide bonds. The summed E-state index contributed by atoms with van der Waals surface area (Å²) in [6.45, 7) is 7.07. The highest BCUT2D eigenvalue weighted by atomic mass is 19.2. The lowest BCUT2D eigenvalue weighted by Crippen LogP contribution is -2.22. The van der Waals surface area contributed by atoms with Crippen LogP contribution in [-0.4, -0.2) is 6.54 Å². The highest BCUT2D eigenvalue weighted by molar-refractivity contribution is 5.22. The van der Waals surface area contributed by atoms with Gasteiger partial charge in [0.15, 0.2) is 11.6 Å². The van der Waals surface area contributed by atoms with Crippen molar-refractivity contribution in [2.45, 2.75) is 46.1 Å². The van der Waals surface area contributed by atoms with E-state index >= 15 is 0 Å². The van der Waals surface area contributed by atoms with Crippen LogP contribution in [0.1, 0.15) is 51.6 Å². The topological polar surface area (TPSA) is 12.0 Å². The van der Waals surface area contributed by atoms with E-state index in [2.05, 4.69) is 19.2 Å². The van der Waals surface area contributed by atoms with Crippen molar-refractivity contribution in [3.8, 4) is 0 Å². The summed E-state index contributed by atoms with van der Waals surface area (Å²) in [5, 5.41) is 3.23. The summed E-state index contributed by atoms with van der Waals surface area (Å²) in [6.07, 6.45) is 2.97. The summed E-state index contributed by atoms with van der Waals surface area (Å²) >= 11 is 0. The van der Waals surface area contributed by atoms with E-state index in [1.54, 1.807) is 12.1 Å². The van der Waals surface area contributed by atoms with E-state index in [0.29, 0.717) is 11.5 Å². The van der Waals surface area contributed by atoms with Crippen molar-refractivity contribution in [3.63, 3.8) is 0 Å². The van der Waals surface area contributed by atoms with Crippen molar-refractivity contribution in [2.75, 3.05) is 6.54 Å². The minimum atomic E-state index is -0.765. The van der Waals surface area contributed by atoms with Gasteiger partial charge in [0, 0.05) is 11.6 Å². The molecule has 1 atom stereocenters. The molecule has 0 spiro atoms. The smallest absolute Gasteiger partial charge is 0.163 e. The molecule has 1 nitrogen and oxygen atoms in total. The molecule has 0 radical (unpaired) electrons. The van der Waals surface area contributed by atoms with E-state index < -0.39 is 11.6 Å². The largest absolute Gasteiger partial charge is 0.310 e. The zero-order valence-electron chi connectivity index (χ0n) is 11.5. The SMILES string of the molecule is CCNC(CCCC(C)C)c1cccc(F)c1F. The molecule has 18 heavy (non-hydrogen) atoms. The molecule has 0 aliphatic heterocycles. The molecule has 0 saturated heterocycles. The maximum atomic E-state index is 13.7. The van der Waals surface area contributed by atoms with Gasteiger partial charge in [-0.05, 0) is 24.9 Å². The summed E-state index contributed by atoms with van der Waals surface area (Å²) in [5.74, 6) is -0.836. The minimum Gasteiger partial charge on any atom is -0.310 e. The van der Waals surface area contributed by atoms with Crippen LogP contribution in [0.4, 0.5) is 8.78 Å². The van der Waals surface area contributed by atoms with Crippen molar-refractivity contribution in [3.05, 3.63) is 35.4 Å². The molecular formula is C15H23F2N. The average Bonchev–Trinajstić information content (AvgIpc) is 2.31. The third-order valence-corrected chi connectivity index (χ3v) is 3.08. The third kappa shape index (κ3) is 4.37. The molecule has 0 saturated carbocycles. The lowest BCUT2D eigenvalue weighted by molar-refractivity contribution is 0.426. The fraction of sp³-hybridized carbons (Fsp3) is 0.600. The van der Waals surface area contributed by atoms with Gasteiger partial charge in [0.05, 0.1) is 0 Å². The number of benzene rings is 1. The Kier molecular flexibility index (Phi) is 6.27. The van der Waals surface area contributed by atoms with Crippen molar-refractivity contribution in [1.29, 1.82) is 0 Å².